The number of hydrogen-bond acceptors (Lipinski definition) is 2. The van der Waals surface area contributed by atoms with E-state index in [0.717, 1.165) is 13.1 Å². The monoisotopic (exact) mass is 232 g/mol. The highest BCUT2D eigenvalue weighted by Gasteiger charge is 2.16. The molecule has 17 heavy (non-hydrogen) atoms. The van der Waals surface area contributed by atoms with Crippen molar-refractivity contribution in [1.29, 1.82) is 0 Å². The Labute approximate surface area is 105 Å². The van der Waals surface area contributed by atoms with E-state index in [-0.39, 0.29) is 5.54 Å². The number of fused-ring (bicyclic) bond motifs is 1. The normalized spacial score (nSPS) is 15.8. The van der Waals surface area contributed by atoms with Gasteiger partial charge >= 0.3 is 0 Å². The maximum absolute atomic E-state index is 3.56. The zero-order valence-corrected chi connectivity index (χ0v) is 11.3. The third-order valence-electron chi connectivity index (χ3n) is 3.24. The molecule has 1 N–H and O–H groups in total. The fourth-order valence-corrected chi connectivity index (χ4v) is 2.41. The summed E-state index contributed by atoms with van der Waals surface area (Å²) in [7, 11) is 0. The molecule has 2 heteroatoms. The number of benzene rings is 1. The summed E-state index contributed by atoms with van der Waals surface area (Å²) in [6, 6.07) is 8.81. The molecule has 0 amide bonds. The number of nitrogens with zero attached hydrogens (tertiary/aromatic N) is 1. The van der Waals surface area contributed by atoms with Crippen LogP contribution in [-0.2, 0) is 6.42 Å². The molecule has 1 aromatic carbocycles. The molecule has 2 rings (SSSR count). The van der Waals surface area contributed by atoms with Crippen LogP contribution in [0.1, 0.15) is 32.8 Å². The van der Waals surface area contributed by atoms with E-state index >= 15 is 0 Å². The molecular weight excluding hydrogens is 208 g/mol. The van der Waals surface area contributed by atoms with Crippen LogP contribution in [0.15, 0.2) is 24.3 Å². The highest BCUT2D eigenvalue weighted by atomic mass is 15.2. The minimum atomic E-state index is 0.218. The molecule has 2 nitrogen and oxygen atoms in total. The second-order valence-electron chi connectivity index (χ2n) is 5.90. The third kappa shape index (κ3) is 3.47. The van der Waals surface area contributed by atoms with Gasteiger partial charge in [-0.25, -0.2) is 0 Å². The molecule has 1 aromatic rings. The van der Waals surface area contributed by atoms with E-state index in [1.807, 2.05) is 0 Å². The first-order valence-electron chi connectivity index (χ1n) is 6.64. The standard InChI is InChI=1S/C15H24N2/c1-15(2,3)16-10-12-17-11-6-8-13-7-4-5-9-14(13)17/h4-5,7,9,16H,6,8,10-12H2,1-3H3. The summed E-state index contributed by atoms with van der Waals surface area (Å²) in [5.74, 6) is 0. The third-order valence-corrected chi connectivity index (χ3v) is 3.24. The average molecular weight is 232 g/mol. The van der Waals surface area contributed by atoms with Crippen molar-refractivity contribution in [3.63, 3.8) is 0 Å². The highest BCUT2D eigenvalue weighted by Crippen LogP contribution is 2.25. The summed E-state index contributed by atoms with van der Waals surface area (Å²) in [5.41, 5.74) is 3.17. The molecule has 0 fully saturated rings. The molecule has 0 atom stereocenters. The van der Waals surface area contributed by atoms with E-state index in [2.05, 4.69) is 55.3 Å². The molecule has 0 unspecified atom stereocenters. The second-order valence-corrected chi connectivity index (χ2v) is 5.90. The Morgan fingerprint density at radius 1 is 1.24 bits per heavy atom. The molecular formula is C15H24N2. The van der Waals surface area contributed by atoms with Crippen LogP contribution < -0.4 is 10.2 Å². The average Bonchev–Trinajstić information content (AvgIpc) is 2.28. The van der Waals surface area contributed by atoms with Crippen LogP contribution in [0.3, 0.4) is 0 Å². The number of rotatable bonds is 3. The molecule has 0 aliphatic carbocycles. The van der Waals surface area contributed by atoms with Gasteiger partial charge in [-0.15, -0.1) is 0 Å². The quantitative estimate of drug-likeness (QED) is 0.862. The Kier molecular flexibility index (Phi) is 3.72. The van der Waals surface area contributed by atoms with Crippen molar-refractivity contribution in [2.75, 3.05) is 24.5 Å². The van der Waals surface area contributed by atoms with E-state index in [9.17, 15) is 0 Å². The predicted octanol–water partition coefficient (Wildman–Crippen LogP) is 2.83. The van der Waals surface area contributed by atoms with Gasteiger partial charge in [0.15, 0.2) is 0 Å². The van der Waals surface area contributed by atoms with Gasteiger partial charge in [-0.1, -0.05) is 18.2 Å². The summed E-state index contributed by atoms with van der Waals surface area (Å²) in [6.07, 6.45) is 2.52. The topological polar surface area (TPSA) is 15.3 Å². The van der Waals surface area contributed by atoms with Crippen LogP contribution in [0, 0.1) is 0 Å². The zero-order chi connectivity index (χ0) is 12.3. The van der Waals surface area contributed by atoms with Crippen molar-refractivity contribution in [3.05, 3.63) is 29.8 Å². The molecule has 1 aliphatic heterocycles. The van der Waals surface area contributed by atoms with E-state index in [1.54, 1.807) is 0 Å². The van der Waals surface area contributed by atoms with E-state index in [4.69, 9.17) is 0 Å². The van der Waals surface area contributed by atoms with Crippen molar-refractivity contribution in [3.8, 4) is 0 Å². The Morgan fingerprint density at radius 3 is 2.76 bits per heavy atom. The van der Waals surface area contributed by atoms with Crippen LogP contribution in [0.2, 0.25) is 0 Å². The molecule has 0 saturated heterocycles. The molecule has 94 valence electrons. The molecule has 0 aromatic heterocycles. The summed E-state index contributed by atoms with van der Waals surface area (Å²) < 4.78 is 0. The van der Waals surface area contributed by atoms with E-state index < -0.39 is 0 Å². The summed E-state index contributed by atoms with van der Waals surface area (Å²) in [6.45, 7) is 10.0. The maximum atomic E-state index is 3.56. The zero-order valence-electron chi connectivity index (χ0n) is 11.3. The van der Waals surface area contributed by atoms with Crippen molar-refractivity contribution in [2.24, 2.45) is 0 Å². The summed E-state index contributed by atoms with van der Waals surface area (Å²) >= 11 is 0. The number of nitrogens with one attached hydrogen (secondary N) is 1. The van der Waals surface area contributed by atoms with Crippen LogP contribution >= 0.6 is 0 Å². The number of para-hydroxylation sites is 1. The van der Waals surface area contributed by atoms with Gasteiger partial charge in [0.25, 0.3) is 0 Å². The lowest BCUT2D eigenvalue weighted by Gasteiger charge is -2.32. The minimum Gasteiger partial charge on any atom is -0.370 e. The SMILES string of the molecule is CC(C)(C)NCCN1CCCc2ccccc21. The van der Waals surface area contributed by atoms with Crippen molar-refractivity contribution >= 4 is 5.69 Å². The minimum absolute atomic E-state index is 0.218. The Balaban J connectivity index is 1.95. The van der Waals surface area contributed by atoms with Gasteiger partial charge in [0.1, 0.15) is 0 Å². The van der Waals surface area contributed by atoms with Gasteiger partial charge in [0.05, 0.1) is 0 Å². The number of aryl methyl sites for hydroxylation is 1. The maximum Gasteiger partial charge on any atom is 0.0399 e. The van der Waals surface area contributed by atoms with Crippen LogP contribution in [0.25, 0.3) is 0 Å². The Hall–Kier alpha value is -1.02. The molecule has 0 saturated carbocycles. The number of hydrogen-bond donors (Lipinski definition) is 1. The van der Waals surface area contributed by atoms with Gasteiger partial charge in [0, 0.05) is 30.9 Å². The molecule has 1 aliphatic rings. The van der Waals surface area contributed by atoms with Crippen molar-refractivity contribution < 1.29 is 0 Å². The lowest BCUT2D eigenvalue weighted by atomic mass is 10.0. The van der Waals surface area contributed by atoms with Crippen LogP contribution in [0.4, 0.5) is 5.69 Å². The first kappa shape index (κ1) is 12.4. The highest BCUT2D eigenvalue weighted by molar-refractivity contribution is 5.55. The molecule has 0 spiro atoms. The summed E-state index contributed by atoms with van der Waals surface area (Å²) in [5, 5.41) is 3.56. The first-order chi connectivity index (χ1) is 8.06. The first-order valence-corrected chi connectivity index (χ1v) is 6.64. The largest absolute Gasteiger partial charge is 0.370 e. The van der Waals surface area contributed by atoms with Gasteiger partial charge in [0.2, 0.25) is 0 Å². The number of anilines is 1. The van der Waals surface area contributed by atoms with Gasteiger partial charge < -0.3 is 10.2 Å². The predicted molar refractivity (Wildman–Crippen MR) is 74.7 cm³/mol. The fraction of sp³-hybridized carbons (Fsp3) is 0.600. The van der Waals surface area contributed by atoms with Gasteiger partial charge in [-0.3, -0.25) is 0 Å². The Morgan fingerprint density at radius 2 is 2.00 bits per heavy atom. The lowest BCUT2D eigenvalue weighted by molar-refractivity contribution is 0.428. The second kappa shape index (κ2) is 5.09. The lowest BCUT2D eigenvalue weighted by Crippen LogP contribution is -2.42. The van der Waals surface area contributed by atoms with E-state index in [1.165, 1.54) is 30.6 Å². The van der Waals surface area contributed by atoms with E-state index in [0.29, 0.717) is 0 Å². The van der Waals surface area contributed by atoms with Crippen molar-refractivity contribution in [2.45, 2.75) is 39.2 Å². The van der Waals surface area contributed by atoms with Crippen LogP contribution in [-0.4, -0.2) is 25.2 Å². The van der Waals surface area contributed by atoms with Gasteiger partial charge in [-0.2, -0.15) is 0 Å². The smallest absolute Gasteiger partial charge is 0.0399 e. The molecule has 1 heterocycles. The van der Waals surface area contributed by atoms with Crippen molar-refractivity contribution in [1.82, 2.24) is 5.32 Å². The fourth-order valence-electron chi connectivity index (χ4n) is 2.41. The Bertz CT molecular complexity index is 365. The molecule has 0 radical (unpaired) electrons. The van der Waals surface area contributed by atoms with Gasteiger partial charge in [-0.05, 0) is 45.2 Å². The summed E-state index contributed by atoms with van der Waals surface area (Å²) in [4.78, 5) is 2.51. The molecule has 0 bridgehead atoms. The van der Waals surface area contributed by atoms with Crippen LogP contribution in [0.5, 0.6) is 0 Å².